The summed E-state index contributed by atoms with van der Waals surface area (Å²) in [5.41, 5.74) is -0.276. The van der Waals surface area contributed by atoms with E-state index in [-0.39, 0.29) is 24.0 Å². The van der Waals surface area contributed by atoms with Crippen LogP contribution in [0.25, 0.3) is 17.1 Å². The van der Waals surface area contributed by atoms with Crippen LogP contribution in [0.5, 0.6) is 0 Å². The fraction of sp³-hybridized carbons (Fsp3) is 0.227. The van der Waals surface area contributed by atoms with E-state index < -0.39 is 30.3 Å². The maximum Gasteiger partial charge on any atom is 0.416 e. The number of aliphatic hydroxyl groups is 1. The zero-order chi connectivity index (χ0) is 26.2. The fourth-order valence-electron chi connectivity index (χ4n) is 3.37. The Labute approximate surface area is 211 Å². The van der Waals surface area contributed by atoms with Crippen molar-refractivity contribution in [2.24, 2.45) is 0 Å². The number of aromatic nitrogens is 6. The topological polar surface area (TPSA) is 108 Å². The molecule has 0 saturated heterocycles. The highest BCUT2D eigenvalue weighted by Gasteiger charge is 2.39. The number of nitrogens with zero attached hydrogens (tertiary/aromatic N) is 6. The molecule has 2 aromatic heterocycles. The molecule has 0 fully saturated rings. The van der Waals surface area contributed by atoms with Gasteiger partial charge in [0.1, 0.15) is 6.54 Å². The van der Waals surface area contributed by atoms with Gasteiger partial charge in [-0.25, -0.2) is 19.1 Å². The second-order valence-corrected chi connectivity index (χ2v) is 8.55. The molecule has 0 bridgehead atoms. The van der Waals surface area contributed by atoms with Gasteiger partial charge in [0.25, 0.3) is 0 Å². The number of carbonyl (C=O) groups is 1. The first kappa shape index (κ1) is 25.6. The summed E-state index contributed by atoms with van der Waals surface area (Å²) < 4.78 is 41.9. The molecule has 188 valence electrons. The van der Waals surface area contributed by atoms with Crippen molar-refractivity contribution >= 4 is 29.0 Å². The summed E-state index contributed by atoms with van der Waals surface area (Å²) in [6, 6.07) is 12.5. The first-order valence-electron chi connectivity index (χ1n) is 10.4. The Kier molecular flexibility index (Phi) is 7.03. The normalized spacial score (nSPS) is 12.6. The molecule has 2 aromatic carbocycles. The number of hydrogen-bond acceptors (Lipinski definition) is 6. The minimum Gasteiger partial charge on any atom is -0.382 e. The molecule has 1 atom stereocenters. The minimum absolute atomic E-state index is 0.00843. The number of aliphatic hydroxyl groups excluding tert-OH is 1. The summed E-state index contributed by atoms with van der Waals surface area (Å²) in [7, 11) is 0. The van der Waals surface area contributed by atoms with Gasteiger partial charge in [-0.2, -0.15) is 13.2 Å². The van der Waals surface area contributed by atoms with Crippen LogP contribution in [0.15, 0.2) is 53.3 Å². The van der Waals surface area contributed by atoms with Crippen LogP contribution in [0.3, 0.4) is 0 Å². The van der Waals surface area contributed by atoms with Crippen molar-refractivity contribution in [2.75, 3.05) is 0 Å². The molecule has 0 spiro atoms. The van der Waals surface area contributed by atoms with Crippen molar-refractivity contribution in [3.8, 4) is 17.1 Å². The van der Waals surface area contributed by atoms with Crippen LogP contribution in [-0.2, 0) is 13.1 Å². The van der Waals surface area contributed by atoms with Gasteiger partial charge < -0.3 is 5.11 Å². The smallest absolute Gasteiger partial charge is 0.382 e. The second kappa shape index (κ2) is 9.88. The van der Waals surface area contributed by atoms with Gasteiger partial charge in [-0.15, -0.1) is 10.2 Å². The molecule has 4 rings (SSSR count). The third-order valence-corrected chi connectivity index (χ3v) is 5.67. The van der Waals surface area contributed by atoms with E-state index in [0.717, 1.165) is 4.68 Å². The average Bonchev–Trinajstić information content (AvgIpc) is 3.36. The average molecular weight is 541 g/mol. The maximum atomic E-state index is 13.1. The molecule has 0 unspecified atom stereocenters. The molecular weight excluding hydrogens is 524 g/mol. The monoisotopic (exact) mass is 540 g/mol. The highest BCUT2D eigenvalue weighted by atomic mass is 35.5. The zero-order valence-electron chi connectivity index (χ0n) is 18.4. The van der Waals surface area contributed by atoms with E-state index in [0.29, 0.717) is 25.9 Å². The lowest BCUT2D eigenvalue weighted by atomic mass is 10.2. The van der Waals surface area contributed by atoms with Crippen LogP contribution in [-0.4, -0.2) is 52.3 Å². The van der Waals surface area contributed by atoms with Crippen LogP contribution >= 0.6 is 23.2 Å². The highest BCUT2D eigenvalue weighted by Crippen LogP contribution is 2.24. The number of rotatable bonds is 7. The van der Waals surface area contributed by atoms with Gasteiger partial charge in [0.2, 0.25) is 0 Å². The number of Topliss-reactive ketones (excluding diaryl/α,β-unsaturated/α-hetero) is 1. The Bertz CT molecular complexity index is 1480. The second-order valence-electron chi connectivity index (χ2n) is 7.71. The molecule has 14 heteroatoms. The van der Waals surface area contributed by atoms with Gasteiger partial charge in [0.05, 0.1) is 17.3 Å². The third-order valence-electron chi connectivity index (χ3n) is 5.10. The van der Waals surface area contributed by atoms with E-state index >= 15 is 0 Å². The molecule has 36 heavy (non-hydrogen) atoms. The standard InChI is InChI=1S/C22H17Cl2F3N6O3/c1-12(34)19-28-18(29-33(19)16-5-3-2-4-15(16)24)11-32-21(36)31(10-17(35)22(25,26)27)20(30-32)13-6-8-14(23)9-7-13/h2-9,17,35H,10-11H2,1H3/t17-/m0/s1. The summed E-state index contributed by atoms with van der Waals surface area (Å²) >= 11 is 12.1. The van der Waals surface area contributed by atoms with Crippen molar-refractivity contribution in [1.29, 1.82) is 0 Å². The van der Waals surface area contributed by atoms with Gasteiger partial charge in [0.15, 0.2) is 29.4 Å². The van der Waals surface area contributed by atoms with E-state index in [9.17, 15) is 27.9 Å². The summed E-state index contributed by atoms with van der Waals surface area (Å²) in [6.07, 6.45) is -7.76. The molecule has 0 aliphatic rings. The molecule has 9 nitrogen and oxygen atoms in total. The number of ketones is 1. The summed E-state index contributed by atoms with van der Waals surface area (Å²) in [5.74, 6) is -0.624. The molecule has 0 saturated carbocycles. The molecular formula is C22H17Cl2F3N6O3. The lowest BCUT2D eigenvalue weighted by Crippen LogP contribution is -2.37. The van der Waals surface area contributed by atoms with Crippen LogP contribution in [0.2, 0.25) is 10.0 Å². The Morgan fingerprint density at radius 2 is 1.75 bits per heavy atom. The van der Waals surface area contributed by atoms with Gasteiger partial charge in [0, 0.05) is 17.5 Å². The van der Waals surface area contributed by atoms with Crippen molar-refractivity contribution in [1.82, 2.24) is 29.1 Å². The van der Waals surface area contributed by atoms with Crippen LogP contribution in [0, 0.1) is 0 Å². The van der Waals surface area contributed by atoms with E-state index in [1.54, 1.807) is 24.3 Å². The Balaban J connectivity index is 1.78. The zero-order valence-corrected chi connectivity index (χ0v) is 20.0. The molecule has 0 amide bonds. The molecule has 2 heterocycles. The largest absolute Gasteiger partial charge is 0.416 e. The van der Waals surface area contributed by atoms with Crippen molar-refractivity contribution in [3.63, 3.8) is 0 Å². The van der Waals surface area contributed by atoms with Crippen LogP contribution in [0.1, 0.15) is 23.4 Å². The molecule has 4 aromatic rings. The molecule has 1 N–H and O–H groups in total. The van der Waals surface area contributed by atoms with Crippen molar-refractivity contribution < 1.29 is 23.1 Å². The number of halogens is 5. The Morgan fingerprint density at radius 3 is 2.36 bits per heavy atom. The van der Waals surface area contributed by atoms with Crippen LogP contribution in [0.4, 0.5) is 13.2 Å². The fourth-order valence-corrected chi connectivity index (χ4v) is 3.71. The third kappa shape index (κ3) is 5.20. The van der Waals surface area contributed by atoms with Crippen molar-refractivity contribution in [2.45, 2.75) is 32.3 Å². The Morgan fingerprint density at radius 1 is 1.08 bits per heavy atom. The van der Waals surface area contributed by atoms with E-state index in [1.165, 1.54) is 35.9 Å². The maximum absolute atomic E-state index is 13.1. The summed E-state index contributed by atoms with van der Waals surface area (Å²) in [4.78, 5) is 29.4. The number of benzene rings is 2. The van der Waals surface area contributed by atoms with Crippen LogP contribution < -0.4 is 5.69 Å². The minimum atomic E-state index is -4.95. The molecule has 0 aliphatic carbocycles. The predicted octanol–water partition coefficient (Wildman–Crippen LogP) is 3.77. The number of carbonyl (C=O) groups excluding carboxylic acids is 1. The quantitative estimate of drug-likeness (QED) is 0.357. The van der Waals surface area contributed by atoms with E-state index in [2.05, 4.69) is 15.2 Å². The first-order chi connectivity index (χ1) is 17.0. The summed E-state index contributed by atoms with van der Waals surface area (Å²) in [5, 5.41) is 18.7. The first-order valence-corrected chi connectivity index (χ1v) is 11.1. The lowest BCUT2D eigenvalue weighted by Gasteiger charge is -2.15. The van der Waals surface area contributed by atoms with Crippen molar-refractivity contribution in [3.05, 3.63) is 80.7 Å². The number of para-hydroxylation sites is 1. The predicted molar refractivity (Wildman–Crippen MR) is 124 cm³/mol. The SMILES string of the molecule is CC(=O)c1nc(Cn2nc(-c3ccc(Cl)cc3)n(C[C@H](O)C(F)(F)F)c2=O)nn1-c1ccccc1Cl. The van der Waals surface area contributed by atoms with Gasteiger partial charge in [-0.3, -0.25) is 9.36 Å². The number of hydrogen-bond donors (Lipinski definition) is 1. The van der Waals surface area contributed by atoms with E-state index in [1.807, 2.05) is 0 Å². The molecule has 0 aliphatic heterocycles. The summed E-state index contributed by atoms with van der Waals surface area (Å²) in [6.45, 7) is -0.175. The number of alkyl halides is 3. The van der Waals surface area contributed by atoms with Gasteiger partial charge >= 0.3 is 11.9 Å². The van der Waals surface area contributed by atoms with E-state index in [4.69, 9.17) is 23.2 Å². The Hall–Kier alpha value is -3.48. The highest BCUT2D eigenvalue weighted by molar-refractivity contribution is 6.32. The lowest BCUT2D eigenvalue weighted by molar-refractivity contribution is -0.207. The molecule has 0 radical (unpaired) electrons. The van der Waals surface area contributed by atoms with Gasteiger partial charge in [-0.1, -0.05) is 35.3 Å². The van der Waals surface area contributed by atoms with Gasteiger partial charge in [-0.05, 0) is 36.4 Å².